The molecule has 0 radical (unpaired) electrons. The van der Waals surface area contributed by atoms with Gasteiger partial charge in [0, 0.05) is 10.5 Å². The average Bonchev–Trinajstić information content (AvgIpc) is 2.17. The molecule has 0 saturated heterocycles. The molecule has 1 heterocycles. The number of rotatable bonds is 0. The monoisotopic (exact) mass is 273 g/mol. The fourth-order valence-corrected chi connectivity index (χ4v) is 1.78. The first-order valence-corrected chi connectivity index (χ1v) is 4.69. The van der Waals surface area contributed by atoms with Gasteiger partial charge >= 0.3 is 11.1 Å². The molecule has 1 aromatic heterocycles. The first kappa shape index (κ1) is 9.91. The maximum atomic E-state index is 13.0. The second kappa shape index (κ2) is 3.20. The lowest BCUT2D eigenvalue weighted by Gasteiger charge is -2.04. The van der Waals surface area contributed by atoms with Crippen LogP contribution in [0.15, 0.2) is 26.2 Å². The Hall–Kier alpha value is -1.63. The topological polar surface area (TPSA) is 80.9 Å². The molecule has 1 aromatic carbocycles. The van der Waals surface area contributed by atoms with Crippen LogP contribution in [0.25, 0.3) is 11.0 Å². The van der Waals surface area contributed by atoms with Crippen LogP contribution in [0.5, 0.6) is 0 Å². The highest BCUT2D eigenvalue weighted by Gasteiger charge is 2.09. The number of H-pyrrole nitrogens is 1. The Kier molecular flexibility index (Phi) is 2.11. The van der Waals surface area contributed by atoms with Gasteiger partial charge in [0.15, 0.2) is 0 Å². The van der Waals surface area contributed by atoms with Crippen LogP contribution in [0.3, 0.4) is 0 Å². The summed E-state index contributed by atoms with van der Waals surface area (Å²) in [6.07, 6.45) is 0. The smallest absolute Gasteiger partial charge is 0.334 e. The van der Waals surface area contributed by atoms with E-state index in [9.17, 15) is 14.0 Å². The van der Waals surface area contributed by atoms with Gasteiger partial charge in [0.1, 0.15) is 5.82 Å². The van der Waals surface area contributed by atoms with Crippen molar-refractivity contribution in [3.63, 3.8) is 0 Å². The van der Waals surface area contributed by atoms with Crippen molar-refractivity contribution in [2.24, 2.45) is 0 Å². The number of benzene rings is 1. The number of nitrogens with two attached hydrogens (primary N) is 1. The highest BCUT2D eigenvalue weighted by Crippen LogP contribution is 2.20. The third-order valence-corrected chi connectivity index (χ3v) is 2.57. The zero-order valence-electron chi connectivity index (χ0n) is 7.25. The van der Waals surface area contributed by atoms with E-state index in [4.69, 9.17) is 5.84 Å². The fourth-order valence-electron chi connectivity index (χ4n) is 1.26. The summed E-state index contributed by atoms with van der Waals surface area (Å²) in [5.74, 6) is 4.80. The minimum absolute atomic E-state index is 0.117. The lowest BCUT2D eigenvalue weighted by Crippen LogP contribution is -2.40. The van der Waals surface area contributed by atoms with E-state index in [-0.39, 0.29) is 11.0 Å². The lowest BCUT2D eigenvalue weighted by atomic mass is 10.3. The predicted molar refractivity (Wildman–Crippen MR) is 56.6 cm³/mol. The summed E-state index contributed by atoms with van der Waals surface area (Å²) in [7, 11) is 0. The molecule has 0 aliphatic carbocycles. The van der Waals surface area contributed by atoms with Crippen LogP contribution in [0.4, 0.5) is 4.39 Å². The summed E-state index contributed by atoms with van der Waals surface area (Å²) in [5.41, 5.74) is -1.38. The Bertz CT molecular complexity index is 661. The molecule has 5 nitrogen and oxygen atoms in total. The van der Waals surface area contributed by atoms with E-state index in [2.05, 4.69) is 20.9 Å². The molecule has 0 aliphatic rings. The van der Waals surface area contributed by atoms with Gasteiger partial charge in [0.25, 0.3) is 0 Å². The van der Waals surface area contributed by atoms with Crippen LogP contribution in [0.2, 0.25) is 0 Å². The Morgan fingerprint density at radius 2 is 2.07 bits per heavy atom. The molecule has 0 spiro atoms. The molecule has 7 heteroatoms. The van der Waals surface area contributed by atoms with Crippen molar-refractivity contribution in [2.45, 2.75) is 0 Å². The molecule has 3 N–H and O–H groups in total. The van der Waals surface area contributed by atoms with Gasteiger partial charge in [0.2, 0.25) is 0 Å². The molecule has 0 amide bonds. The molecule has 2 aromatic rings. The van der Waals surface area contributed by atoms with Gasteiger partial charge in [-0.1, -0.05) is 0 Å². The Balaban J connectivity index is 3.12. The second-order valence-corrected chi connectivity index (χ2v) is 3.77. The summed E-state index contributed by atoms with van der Waals surface area (Å²) in [5, 5.41) is 0. The SMILES string of the molecule is Nn1c(=O)c(=O)[nH]c2c(Br)cc(F)cc21. The van der Waals surface area contributed by atoms with Gasteiger partial charge in [-0.2, -0.15) is 0 Å². The third-order valence-electron chi connectivity index (χ3n) is 1.95. The molecule has 78 valence electrons. The molecule has 0 fully saturated rings. The third kappa shape index (κ3) is 1.44. The first-order valence-electron chi connectivity index (χ1n) is 3.90. The minimum atomic E-state index is -0.931. The van der Waals surface area contributed by atoms with Crippen LogP contribution < -0.4 is 17.0 Å². The summed E-state index contributed by atoms with van der Waals surface area (Å²) in [4.78, 5) is 24.6. The quantitative estimate of drug-likeness (QED) is 0.535. The maximum absolute atomic E-state index is 13.0. The highest BCUT2D eigenvalue weighted by molar-refractivity contribution is 9.10. The number of hydrogen-bond acceptors (Lipinski definition) is 3. The molecular weight excluding hydrogens is 269 g/mol. The van der Waals surface area contributed by atoms with Gasteiger partial charge in [-0.25, -0.2) is 9.07 Å². The molecule has 0 aliphatic heterocycles. The first-order chi connectivity index (χ1) is 7.00. The number of nitrogen functional groups attached to an aromatic ring is 1. The molecule has 0 bridgehead atoms. The van der Waals surface area contributed by atoms with E-state index in [1.165, 1.54) is 6.07 Å². The normalized spacial score (nSPS) is 10.8. The zero-order chi connectivity index (χ0) is 11.2. The van der Waals surface area contributed by atoms with Crippen molar-refractivity contribution in [3.8, 4) is 0 Å². The number of halogens is 2. The van der Waals surface area contributed by atoms with Crippen molar-refractivity contribution < 1.29 is 4.39 Å². The van der Waals surface area contributed by atoms with E-state index in [1.54, 1.807) is 0 Å². The summed E-state index contributed by atoms with van der Waals surface area (Å²) < 4.78 is 14.0. The van der Waals surface area contributed by atoms with Gasteiger partial charge in [-0.3, -0.25) is 9.59 Å². The predicted octanol–water partition coefficient (Wildman–Crippen LogP) is 0.305. The van der Waals surface area contributed by atoms with Gasteiger partial charge in [-0.15, -0.1) is 0 Å². The van der Waals surface area contributed by atoms with Crippen LogP contribution in [-0.4, -0.2) is 9.66 Å². The number of aromatic amines is 1. The van der Waals surface area contributed by atoms with E-state index in [0.29, 0.717) is 9.15 Å². The Morgan fingerprint density at radius 3 is 2.73 bits per heavy atom. The number of hydrogen-bond donors (Lipinski definition) is 2. The number of aromatic nitrogens is 2. The number of nitrogens with one attached hydrogen (secondary N) is 1. The van der Waals surface area contributed by atoms with Gasteiger partial charge in [0.05, 0.1) is 11.0 Å². The molecule has 0 atom stereocenters. The maximum Gasteiger partial charge on any atom is 0.334 e. The second-order valence-electron chi connectivity index (χ2n) is 2.91. The summed E-state index contributed by atoms with van der Waals surface area (Å²) >= 11 is 3.06. The van der Waals surface area contributed by atoms with E-state index in [0.717, 1.165) is 6.07 Å². The average molecular weight is 274 g/mol. The highest BCUT2D eigenvalue weighted by atomic mass is 79.9. The van der Waals surface area contributed by atoms with E-state index >= 15 is 0 Å². The van der Waals surface area contributed by atoms with E-state index in [1.807, 2.05) is 0 Å². The van der Waals surface area contributed by atoms with Crippen molar-refractivity contribution in [1.29, 1.82) is 0 Å². The van der Waals surface area contributed by atoms with Crippen LogP contribution in [-0.2, 0) is 0 Å². The van der Waals surface area contributed by atoms with Crippen molar-refractivity contribution >= 4 is 27.0 Å². The van der Waals surface area contributed by atoms with Gasteiger partial charge in [-0.05, 0) is 22.0 Å². The van der Waals surface area contributed by atoms with Gasteiger partial charge < -0.3 is 10.8 Å². The standard InChI is InChI=1S/C8H5BrFN3O2/c9-4-1-3(10)2-5-6(4)12-7(14)8(15)13(5)11/h1-2H,11H2,(H,12,14). The largest absolute Gasteiger partial charge is 0.336 e. The fraction of sp³-hybridized carbons (Fsp3) is 0. The molecule has 2 rings (SSSR count). The van der Waals surface area contributed by atoms with Crippen molar-refractivity contribution in [2.75, 3.05) is 5.84 Å². The number of nitrogens with zero attached hydrogens (tertiary/aromatic N) is 1. The van der Waals surface area contributed by atoms with Crippen molar-refractivity contribution in [3.05, 3.63) is 43.1 Å². The Labute approximate surface area is 90.4 Å². The van der Waals surface area contributed by atoms with Crippen LogP contribution >= 0.6 is 15.9 Å². The molecular formula is C8H5BrFN3O2. The minimum Gasteiger partial charge on any atom is -0.336 e. The zero-order valence-corrected chi connectivity index (χ0v) is 8.84. The van der Waals surface area contributed by atoms with Crippen LogP contribution in [0, 0.1) is 5.82 Å². The number of fused-ring (bicyclic) bond motifs is 1. The molecule has 0 saturated carbocycles. The van der Waals surface area contributed by atoms with Crippen LogP contribution in [0.1, 0.15) is 0 Å². The summed E-state index contributed by atoms with van der Waals surface area (Å²) in [6, 6.07) is 2.24. The van der Waals surface area contributed by atoms with E-state index < -0.39 is 16.9 Å². The molecule has 0 unspecified atom stereocenters. The summed E-state index contributed by atoms with van der Waals surface area (Å²) in [6.45, 7) is 0. The lowest BCUT2D eigenvalue weighted by molar-refractivity contribution is 0.627. The van der Waals surface area contributed by atoms with Crippen molar-refractivity contribution in [1.82, 2.24) is 9.66 Å². The Morgan fingerprint density at radius 1 is 1.40 bits per heavy atom. The molecule has 15 heavy (non-hydrogen) atoms.